The molecule has 3 nitrogen and oxygen atoms in total. The molecule has 1 aromatic carbocycles. The molecule has 2 aromatic rings. The summed E-state index contributed by atoms with van der Waals surface area (Å²) in [5.41, 5.74) is 3.40. The molecule has 0 saturated heterocycles. The minimum Gasteiger partial charge on any atom is -0.285 e. The first-order valence-electron chi connectivity index (χ1n) is 5.34. The molecule has 0 aliphatic rings. The van der Waals surface area contributed by atoms with Crippen LogP contribution in [0.1, 0.15) is 17.2 Å². The molecule has 4 heteroatoms. The first-order valence-corrected chi connectivity index (χ1v) is 6.63. The second-order valence-electron chi connectivity index (χ2n) is 3.70. The summed E-state index contributed by atoms with van der Waals surface area (Å²) in [5.74, 6) is 0. The van der Waals surface area contributed by atoms with E-state index in [0.29, 0.717) is 6.42 Å². The van der Waals surface area contributed by atoms with Crippen LogP contribution in [-0.4, -0.2) is 16.5 Å². The Balaban J connectivity index is 2.31. The molecule has 1 atom stereocenters. The number of aromatic nitrogens is 2. The first kappa shape index (κ1) is 11.7. The van der Waals surface area contributed by atoms with Gasteiger partial charge < -0.3 is 0 Å². The molecular weight excluding hydrogens is 230 g/mol. The molecule has 0 aliphatic carbocycles. The van der Waals surface area contributed by atoms with E-state index in [9.17, 15) is 0 Å². The quantitative estimate of drug-likeness (QED) is 0.895. The summed E-state index contributed by atoms with van der Waals surface area (Å²) < 4.78 is 0. The molecule has 1 N–H and O–H groups in total. The number of nitrogens with one attached hydrogen (secondary N) is 1. The highest BCUT2D eigenvalue weighted by molar-refractivity contribution is 7.98. The van der Waals surface area contributed by atoms with Gasteiger partial charge in [0.05, 0.1) is 18.7 Å². The Kier molecular flexibility index (Phi) is 3.84. The van der Waals surface area contributed by atoms with Crippen LogP contribution in [0.3, 0.4) is 0 Å². The first-order chi connectivity index (χ1) is 8.35. The third-order valence-electron chi connectivity index (χ3n) is 2.65. The van der Waals surface area contributed by atoms with Crippen molar-refractivity contribution in [3.05, 3.63) is 42.2 Å². The van der Waals surface area contributed by atoms with Crippen molar-refractivity contribution in [3.63, 3.8) is 0 Å². The lowest BCUT2D eigenvalue weighted by molar-refractivity contribution is 0.983. The van der Waals surface area contributed by atoms with Crippen LogP contribution in [0.25, 0.3) is 11.1 Å². The van der Waals surface area contributed by atoms with Crippen molar-refractivity contribution in [2.45, 2.75) is 11.7 Å². The van der Waals surface area contributed by atoms with Gasteiger partial charge in [0.1, 0.15) is 0 Å². The average molecular weight is 243 g/mol. The number of thioether (sulfide) groups is 1. The highest BCUT2D eigenvalue weighted by Gasteiger charge is 2.10. The maximum atomic E-state index is 8.80. The summed E-state index contributed by atoms with van der Waals surface area (Å²) in [6.07, 6.45) is 6.25. The highest BCUT2D eigenvalue weighted by Crippen LogP contribution is 2.31. The molecule has 0 amide bonds. The maximum Gasteiger partial charge on any atom is 0.0636 e. The zero-order valence-electron chi connectivity index (χ0n) is 9.55. The Labute approximate surface area is 105 Å². The molecule has 86 valence electrons. The highest BCUT2D eigenvalue weighted by atomic mass is 32.2. The molecule has 0 bridgehead atoms. The third kappa shape index (κ3) is 2.69. The summed E-state index contributed by atoms with van der Waals surface area (Å²) in [6, 6.07) is 10.5. The Morgan fingerprint density at radius 1 is 1.47 bits per heavy atom. The van der Waals surface area contributed by atoms with Crippen LogP contribution < -0.4 is 0 Å². The summed E-state index contributed by atoms with van der Waals surface area (Å²) in [7, 11) is 0. The number of H-pyrrole nitrogens is 1. The fourth-order valence-corrected chi connectivity index (χ4v) is 2.41. The van der Waals surface area contributed by atoms with Gasteiger partial charge in [-0.15, -0.1) is 0 Å². The van der Waals surface area contributed by atoms with E-state index in [-0.39, 0.29) is 5.25 Å². The smallest absolute Gasteiger partial charge is 0.0636 e. The number of benzene rings is 1. The fraction of sp³-hybridized carbons (Fsp3) is 0.231. The molecule has 0 aliphatic heterocycles. The normalized spacial score (nSPS) is 12.0. The van der Waals surface area contributed by atoms with Crippen molar-refractivity contribution in [1.29, 1.82) is 5.26 Å². The largest absolute Gasteiger partial charge is 0.285 e. The Morgan fingerprint density at radius 3 is 3.00 bits per heavy atom. The summed E-state index contributed by atoms with van der Waals surface area (Å²) in [6.45, 7) is 0. The molecule has 0 radical (unpaired) electrons. The zero-order chi connectivity index (χ0) is 12.1. The minimum atomic E-state index is 0.242. The molecule has 1 heterocycles. The lowest BCUT2D eigenvalue weighted by atomic mass is 10.0. The van der Waals surface area contributed by atoms with Crippen LogP contribution in [0, 0.1) is 11.3 Å². The van der Waals surface area contributed by atoms with E-state index in [4.69, 9.17) is 5.26 Å². The van der Waals surface area contributed by atoms with Crippen molar-refractivity contribution in [2.24, 2.45) is 0 Å². The Bertz CT molecular complexity index is 514. The fourth-order valence-electron chi connectivity index (χ4n) is 1.75. The van der Waals surface area contributed by atoms with Crippen LogP contribution in [0.4, 0.5) is 0 Å². The van der Waals surface area contributed by atoms with E-state index in [1.807, 2.05) is 18.5 Å². The molecule has 17 heavy (non-hydrogen) atoms. The van der Waals surface area contributed by atoms with Crippen molar-refractivity contribution in [1.82, 2.24) is 10.2 Å². The van der Waals surface area contributed by atoms with Crippen molar-refractivity contribution in [2.75, 3.05) is 6.26 Å². The Morgan fingerprint density at radius 2 is 2.35 bits per heavy atom. The van der Waals surface area contributed by atoms with Gasteiger partial charge in [0.15, 0.2) is 0 Å². The second kappa shape index (κ2) is 5.55. The molecule has 0 fully saturated rings. The average Bonchev–Trinajstić information content (AvgIpc) is 2.90. The van der Waals surface area contributed by atoms with Crippen molar-refractivity contribution < 1.29 is 0 Å². The number of hydrogen-bond donors (Lipinski definition) is 1. The molecular formula is C13H13N3S. The van der Waals surface area contributed by atoms with Crippen LogP contribution in [-0.2, 0) is 0 Å². The van der Waals surface area contributed by atoms with Gasteiger partial charge in [-0.1, -0.05) is 18.2 Å². The predicted molar refractivity (Wildman–Crippen MR) is 70.5 cm³/mol. The number of nitrogens with zero attached hydrogens (tertiary/aromatic N) is 2. The van der Waals surface area contributed by atoms with Gasteiger partial charge in [-0.05, 0) is 23.4 Å². The SMILES string of the molecule is CSC(CC#N)c1cccc(-c2cn[nH]c2)c1. The van der Waals surface area contributed by atoms with E-state index < -0.39 is 0 Å². The van der Waals surface area contributed by atoms with Crippen LogP contribution in [0.5, 0.6) is 0 Å². The van der Waals surface area contributed by atoms with Gasteiger partial charge in [0, 0.05) is 17.0 Å². The van der Waals surface area contributed by atoms with Gasteiger partial charge in [0.2, 0.25) is 0 Å². The lowest BCUT2D eigenvalue weighted by Crippen LogP contribution is -1.92. The van der Waals surface area contributed by atoms with Crippen molar-refractivity contribution in [3.8, 4) is 17.2 Å². The van der Waals surface area contributed by atoms with E-state index in [1.54, 1.807) is 18.0 Å². The molecule has 0 spiro atoms. The molecule has 1 unspecified atom stereocenters. The van der Waals surface area contributed by atoms with Gasteiger partial charge in [-0.3, -0.25) is 5.10 Å². The number of rotatable bonds is 4. The third-order valence-corrected chi connectivity index (χ3v) is 3.66. The second-order valence-corrected chi connectivity index (χ2v) is 4.74. The van der Waals surface area contributed by atoms with E-state index in [2.05, 4.69) is 34.5 Å². The van der Waals surface area contributed by atoms with Gasteiger partial charge in [0.25, 0.3) is 0 Å². The van der Waals surface area contributed by atoms with Crippen molar-refractivity contribution >= 4 is 11.8 Å². The summed E-state index contributed by atoms with van der Waals surface area (Å²) in [4.78, 5) is 0. The lowest BCUT2D eigenvalue weighted by Gasteiger charge is -2.11. The molecule has 2 rings (SSSR count). The summed E-state index contributed by atoms with van der Waals surface area (Å²) in [5, 5.41) is 15.8. The van der Waals surface area contributed by atoms with E-state index >= 15 is 0 Å². The molecule has 0 saturated carbocycles. The van der Waals surface area contributed by atoms with E-state index in [0.717, 1.165) is 11.1 Å². The number of hydrogen-bond acceptors (Lipinski definition) is 3. The van der Waals surface area contributed by atoms with Crippen LogP contribution in [0.15, 0.2) is 36.7 Å². The van der Waals surface area contributed by atoms with Gasteiger partial charge >= 0.3 is 0 Å². The Hall–Kier alpha value is -1.73. The van der Waals surface area contributed by atoms with Crippen LogP contribution >= 0.6 is 11.8 Å². The number of aromatic amines is 1. The summed E-state index contributed by atoms with van der Waals surface area (Å²) >= 11 is 1.71. The topological polar surface area (TPSA) is 52.5 Å². The molecule has 1 aromatic heterocycles. The monoisotopic (exact) mass is 243 g/mol. The van der Waals surface area contributed by atoms with Crippen LogP contribution in [0.2, 0.25) is 0 Å². The zero-order valence-corrected chi connectivity index (χ0v) is 10.4. The van der Waals surface area contributed by atoms with E-state index in [1.165, 1.54) is 5.56 Å². The maximum absolute atomic E-state index is 8.80. The van der Waals surface area contributed by atoms with Gasteiger partial charge in [-0.25, -0.2) is 0 Å². The van der Waals surface area contributed by atoms with Gasteiger partial charge in [-0.2, -0.15) is 22.1 Å². The predicted octanol–water partition coefficient (Wildman–Crippen LogP) is 3.39. The minimum absolute atomic E-state index is 0.242. The number of nitriles is 1. The standard InChI is InChI=1S/C13H13N3S/c1-17-13(5-6-14)11-4-2-3-10(7-11)12-8-15-16-9-12/h2-4,7-9,13H,5H2,1H3,(H,15,16).